The van der Waals surface area contributed by atoms with E-state index in [1.807, 2.05) is 30.3 Å². The molecule has 0 unspecified atom stereocenters. The Kier molecular flexibility index (Phi) is 4.90. The molecule has 4 aromatic rings. The highest BCUT2D eigenvalue weighted by molar-refractivity contribution is 5.94. The van der Waals surface area contributed by atoms with E-state index in [1.165, 1.54) is 10.5 Å². The molecule has 0 saturated heterocycles. The molecule has 2 aromatic carbocycles. The Morgan fingerprint density at radius 3 is 2.66 bits per heavy atom. The average molecular weight is 388 g/mol. The predicted molar refractivity (Wildman–Crippen MR) is 106 cm³/mol. The van der Waals surface area contributed by atoms with E-state index in [0.29, 0.717) is 17.8 Å². The van der Waals surface area contributed by atoms with Crippen molar-refractivity contribution in [3.8, 4) is 11.6 Å². The lowest BCUT2D eigenvalue weighted by Gasteiger charge is -2.07. The quantitative estimate of drug-likeness (QED) is 0.398. The number of hydrogen-bond acceptors (Lipinski definition) is 5. The number of aromatic nitrogens is 2. The normalized spacial score (nSPS) is 10.6. The van der Waals surface area contributed by atoms with Gasteiger partial charge in [-0.05, 0) is 34.8 Å². The van der Waals surface area contributed by atoms with E-state index < -0.39 is 4.92 Å². The second-order valence-electron chi connectivity index (χ2n) is 6.22. The fourth-order valence-corrected chi connectivity index (χ4v) is 2.89. The third kappa shape index (κ3) is 3.91. The van der Waals surface area contributed by atoms with E-state index in [9.17, 15) is 14.9 Å². The SMILES string of the molecule is O=C(NCc1ccccc1)c1cccc(Oc2nc3ccccn3c2[N+](=O)[O-])c1. The van der Waals surface area contributed by atoms with Gasteiger partial charge in [-0.25, -0.2) is 0 Å². The van der Waals surface area contributed by atoms with E-state index in [4.69, 9.17) is 4.74 Å². The Hall–Kier alpha value is -4.20. The number of ether oxygens (including phenoxy) is 1. The van der Waals surface area contributed by atoms with E-state index >= 15 is 0 Å². The third-order valence-electron chi connectivity index (χ3n) is 4.25. The second-order valence-corrected chi connectivity index (χ2v) is 6.22. The number of nitrogens with zero attached hydrogens (tertiary/aromatic N) is 3. The first kappa shape index (κ1) is 18.2. The van der Waals surface area contributed by atoms with Crippen molar-refractivity contribution in [3.05, 3.63) is 100 Å². The van der Waals surface area contributed by atoms with Crippen molar-refractivity contribution >= 4 is 17.4 Å². The van der Waals surface area contributed by atoms with Crippen LogP contribution in [0.5, 0.6) is 11.6 Å². The van der Waals surface area contributed by atoms with Gasteiger partial charge in [0.05, 0.1) is 6.20 Å². The Morgan fingerprint density at radius 1 is 1.07 bits per heavy atom. The van der Waals surface area contributed by atoms with Crippen LogP contribution >= 0.6 is 0 Å². The van der Waals surface area contributed by atoms with Crippen LogP contribution in [0.3, 0.4) is 0 Å². The molecular weight excluding hydrogens is 372 g/mol. The second kappa shape index (κ2) is 7.81. The van der Waals surface area contributed by atoms with Gasteiger partial charge in [-0.3, -0.25) is 4.79 Å². The van der Waals surface area contributed by atoms with Gasteiger partial charge in [0.1, 0.15) is 5.75 Å². The molecule has 2 heterocycles. The third-order valence-corrected chi connectivity index (χ3v) is 4.25. The van der Waals surface area contributed by atoms with Gasteiger partial charge in [0.15, 0.2) is 0 Å². The highest BCUT2D eigenvalue weighted by atomic mass is 16.6. The number of nitro groups is 1. The summed E-state index contributed by atoms with van der Waals surface area (Å²) in [7, 11) is 0. The van der Waals surface area contributed by atoms with Gasteiger partial charge in [-0.15, -0.1) is 0 Å². The molecule has 0 aliphatic rings. The Labute approximate surface area is 165 Å². The summed E-state index contributed by atoms with van der Waals surface area (Å²) in [6.45, 7) is 0.392. The first-order valence-corrected chi connectivity index (χ1v) is 8.83. The zero-order valence-corrected chi connectivity index (χ0v) is 15.2. The Morgan fingerprint density at radius 2 is 1.86 bits per heavy atom. The van der Waals surface area contributed by atoms with Gasteiger partial charge >= 0.3 is 11.7 Å². The summed E-state index contributed by atoms with van der Waals surface area (Å²) in [5.41, 5.74) is 1.75. The molecule has 2 aromatic heterocycles. The molecule has 29 heavy (non-hydrogen) atoms. The predicted octanol–water partition coefficient (Wildman–Crippen LogP) is 3.96. The van der Waals surface area contributed by atoms with E-state index in [-0.39, 0.29) is 23.4 Å². The molecule has 0 fully saturated rings. The van der Waals surface area contributed by atoms with Crippen LogP contribution in [0.1, 0.15) is 15.9 Å². The van der Waals surface area contributed by atoms with Gasteiger partial charge < -0.3 is 20.2 Å². The molecule has 8 nitrogen and oxygen atoms in total. The van der Waals surface area contributed by atoms with E-state index in [0.717, 1.165) is 5.56 Å². The standard InChI is InChI=1S/C21H16N4O4/c26-19(22-14-15-7-2-1-3-8-15)16-9-6-10-17(13-16)29-20-21(25(27)28)24-12-5-4-11-18(24)23-20/h1-13H,14H2,(H,22,26). The van der Waals surface area contributed by atoms with Crippen molar-refractivity contribution in [2.24, 2.45) is 0 Å². The van der Waals surface area contributed by atoms with Gasteiger partial charge in [0.25, 0.3) is 5.91 Å². The topological polar surface area (TPSA) is 98.8 Å². The zero-order chi connectivity index (χ0) is 20.2. The summed E-state index contributed by atoms with van der Waals surface area (Å²) in [6.07, 6.45) is 1.54. The van der Waals surface area contributed by atoms with Crippen LogP contribution in [-0.4, -0.2) is 20.2 Å². The highest BCUT2D eigenvalue weighted by Gasteiger charge is 2.24. The monoisotopic (exact) mass is 388 g/mol. The maximum absolute atomic E-state index is 12.4. The summed E-state index contributed by atoms with van der Waals surface area (Å²) < 4.78 is 6.99. The Bertz CT molecular complexity index is 1190. The Balaban J connectivity index is 1.55. The summed E-state index contributed by atoms with van der Waals surface area (Å²) in [6, 6.07) is 21.0. The minimum absolute atomic E-state index is 0.136. The number of fused-ring (bicyclic) bond motifs is 1. The smallest absolute Gasteiger partial charge is 0.392 e. The first-order chi connectivity index (χ1) is 14.1. The van der Waals surface area contributed by atoms with Gasteiger partial charge in [0, 0.05) is 18.2 Å². The summed E-state index contributed by atoms with van der Waals surface area (Å²) in [4.78, 5) is 27.6. The number of amides is 1. The van der Waals surface area contributed by atoms with Crippen molar-refractivity contribution in [2.75, 3.05) is 0 Å². The van der Waals surface area contributed by atoms with Crippen LogP contribution in [0.25, 0.3) is 5.65 Å². The van der Waals surface area contributed by atoms with Crippen molar-refractivity contribution in [2.45, 2.75) is 6.54 Å². The summed E-state index contributed by atoms with van der Waals surface area (Å²) >= 11 is 0. The lowest BCUT2D eigenvalue weighted by Crippen LogP contribution is -2.22. The summed E-state index contributed by atoms with van der Waals surface area (Å²) in [5.74, 6) is -0.407. The maximum atomic E-state index is 12.4. The molecule has 8 heteroatoms. The van der Waals surface area contributed by atoms with Gasteiger partial charge in [-0.1, -0.05) is 42.5 Å². The van der Waals surface area contributed by atoms with Crippen molar-refractivity contribution in [3.63, 3.8) is 0 Å². The molecule has 1 amide bonds. The molecule has 0 spiro atoms. The van der Waals surface area contributed by atoms with Crippen LogP contribution in [-0.2, 0) is 6.54 Å². The number of rotatable bonds is 6. The first-order valence-electron chi connectivity index (χ1n) is 8.83. The number of carbonyl (C=O) groups is 1. The molecule has 0 radical (unpaired) electrons. The minimum Gasteiger partial charge on any atom is -0.432 e. The molecule has 4 rings (SSSR count). The molecule has 1 N–H and O–H groups in total. The average Bonchev–Trinajstić information content (AvgIpc) is 3.11. The molecule has 0 saturated carbocycles. The number of imidazole rings is 1. The molecule has 0 atom stereocenters. The van der Waals surface area contributed by atoms with Gasteiger partial charge in [-0.2, -0.15) is 9.38 Å². The fourth-order valence-electron chi connectivity index (χ4n) is 2.89. The molecular formula is C21H16N4O4. The molecule has 0 aliphatic heterocycles. The number of benzene rings is 2. The number of hydrogen-bond donors (Lipinski definition) is 1. The fraction of sp³-hybridized carbons (Fsp3) is 0.0476. The van der Waals surface area contributed by atoms with Crippen LogP contribution in [0.4, 0.5) is 5.82 Å². The van der Waals surface area contributed by atoms with Gasteiger partial charge in [0.2, 0.25) is 5.65 Å². The molecule has 144 valence electrons. The zero-order valence-electron chi connectivity index (χ0n) is 15.2. The van der Waals surface area contributed by atoms with Crippen molar-refractivity contribution < 1.29 is 14.5 Å². The van der Waals surface area contributed by atoms with Crippen LogP contribution < -0.4 is 10.1 Å². The summed E-state index contributed by atoms with van der Waals surface area (Å²) in [5, 5.41) is 14.3. The lowest BCUT2D eigenvalue weighted by atomic mass is 10.2. The molecule has 0 bridgehead atoms. The number of carbonyl (C=O) groups excluding carboxylic acids is 1. The largest absolute Gasteiger partial charge is 0.432 e. The van der Waals surface area contributed by atoms with Crippen LogP contribution in [0.2, 0.25) is 0 Å². The maximum Gasteiger partial charge on any atom is 0.392 e. The number of pyridine rings is 1. The van der Waals surface area contributed by atoms with Crippen LogP contribution in [0.15, 0.2) is 79.0 Å². The highest BCUT2D eigenvalue weighted by Crippen LogP contribution is 2.31. The van der Waals surface area contributed by atoms with Crippen molar-refractivity contribution in [1.29, 1.82) is 0 Å². The van der Waals surface area contributed by atoms with E-state index in [2.05, 4.69) is 10.3 Å². The number of nitrogens with one attached hydrogen (secondary N) is 1. The van der Waals surface area contributed by atoms with Crippen LogP contribution in [0, 0.1) is 10.1 Å². The van der Waals surface area contributed by atoms with Crippen molar-refractivity contribution in [1.82, 2.24) is 14.7 Å². The lowest BCUT2D eigenvalue weighted by molar-refractivity contribution is -0.391. The molecule has 0 aliphatic carbocycles. The van der Waals surface area contributed by atoms with E-state index in [1.54, 1.807) is 42.6 Å². The minimum atomic E-state index is -0.550.